The number of hydrogen-bond donors (Lipinski definition) is 1. The van der Waals surface area contributed by atoms with Crippen LogP contribution in [0.2, 0.25) is 0 Å². The third kappa shape index (κ3) is 1.96. The highest BCUT2D eigenvalue weighted by Crippen LogP contribution is 2.27. The van der Waals surface area contributed by atoms with Gasteiger partial charge in [0.25, 0.3) is 0 Å². The van der Waals surface area contributed by atoms with E-state index in [4.69, 9.17) is 5.73 Å². The quantitative estimate of drug-likeness (QED) is 0.876. The Morgan fingerprint density at radius 3 is 2.75 bits per heavy atom. The van der Waals surface area contributed by atoms with Crippen LogP contribution in [0.4, 0.5) is 8.78 Å². The number of hydrogen-bond acceptors (Lipinski definition) is 3. The summed E-state index contributed by atoms with van der Waals surface area (Å²) in [6, 6.07) is 3.34. The fourth-order valence-corrected chi connectivity index (χ4v) is 2.24. The second-order valence-corrected chi connectivity index (χ2v) is 4.67. The Balaban J connectivity index is 2.41. The Labute approximate surface area is 95.7 Å². The lowest BCUT2D eigenvalue weighted by atomic mass is 10.1. The molecule has 0 spiro atoms. The average molecular weight is 240 g/mol. The molecule has 0 saturated heterocycles. The van der Waals surface area contributed by atoms with Crippen LogP contribution in [0.5, 0.6) is 0 Å². The van der Waals surface area contributed by atoms with Gasteiger partial charge in [-0.3, -0.25) is 0 Å². The minimum Gasteiger partial charge on any atom is -0.319 e. The van der Waals surface area contributed by atoms with Crippen LogP contribution >= 0.6 is 11.3 Å². The monoisotopic (exact) mass is 240 g/mol. The largest absolute Gasteiger partial charge is 0.319 e. The summed E-state index contributed by atoms with van der Waals surface area (Å²) < 4.78 is 26.5. The number of thiazole rings is 1. The van der Waals surface area contributed by atoms with Crippen LogP contribution < -0.4 is 5.73 Å². The predicted molar refractivity (Wildman–Crippen MR) is 59.2 cm³/mol. The van der Waals surface area contributed by atoms with Crippen molar-refractivity contribution in [2.45, 2.75) is 13.0 Å². The summed E-state index contributed by atoms with van der Waals surface area (Å²) in [6.07, 6.45) is 1.59. The van der Waals surface area contributed by atoms with Crippen LogP contribution in [-0.4, -0.2) is 4.98 Å². The predicted octanol–water partition coefficient (Wildman–Crippen LogP) is 2.78. The molecule has 1 aromatic carbocycles. The van der Waals surface area contributed by atoms with Gasteiger partial charge in [0.05, 0.1) is 11.0 Å². The van der Waals surface area contributed by atoms with Gasteiger partial charge in [-0.05, 0) is 13.0 Å². The van der Waals surface area contributed by atoms with Crippen molar-refractivity contribution in [3.05, 3.63) is 51.5 Å². The van der Waals surface area contributed by atoms with Gasteiger partial charge in [-0.1, -0.05) is 12.1 Å². The second kappa shape index (κ2) is 4.27. The van der Waals surface area contributed by atoms with Crippen LogP contribution in [0.25, 0.3) is 0 Å². The molecule has 0 aliphatic rings. The molecule has 0 radical (unpaired) electrons. The molecule has 0 aliphatic carbocycles. The van der Waals surface area contributed by atoms with E-state index in [1.165, 1.54) is 23.5 Å². The van der Waals surface area contributed by atoms with Crippen molar-refractivity contribution >= 4 is 11.3 Å². The molecule has 0 aliphatic heterocycles. The SMILES string of the molecule is Cc1ncc(C(N)c2cccc(F)c2F)s1. The van der Waals surface area contributed by atoms with Crippen molar-refractivity contribution in [3.8, 4) is 0 Å². The van der Waals surface area contributed by atoms with E-state index < -0.39 is 17.7 Å². The number of nitrogens with two attached hydrogens (primary N) is 1. The molecule has 2 rings (SSSR count). The lowest BCUT2D eigenvalue weighted by Gasteiger charge is -2.10. The Morgan fingerprint density at radius 1 is 1.38 bits per heavy atom. The maximum Gasteiger partial charge on any atom is 0.163 e. The van der Waals surface area contributed by atoms with Gasteiger partial charge < -0.3 is 5.73 Å². The van der Waals surface area contributed by atoms with Crippen molar-refractivity contribution in [2.24, 2.45) is 5.73 Å². The van der Waals surface area contributed by atoms with Crippen molar-refractivity contribution < 1.29 is 8.78 Å². The molecule has 0 fully saturated rings. The highest BCUT2D eigenvalue weighted by atomic mass is 32.1. The van der Waals surface area contributed by atoms with Crippen molar-refractivity contribution in [1.29, 1.82) is 0 Å². The molecule has 2 N–H and O–H groups in total. The van der Waals surface area contributed by atoms with Crippen LogP contribution in [0.15, 0.2) is 24.4 Å². The molecular weight excluding hydrogens is 230 g/mol. The summed E-state index contributed by atoms with van der Waals surface area (Å²) in [5.74, 6) is -1.77. The zero-order valence-electron chi connectivity index (χ0n) is 8.58. The third-order valence-electron chi connectivity index (χ3n) is 2.26. The first kappa shape index (κ1) is 11.2. The van der Waals surface area contributed by atoms with Gasteiger partial charge in [0.15, 0.2) is 11.6 Å². The van der Waals surface area contributed by atoms with E-state index in [-0.39, 0.29) is 5.56 Å². The van der Waals surface area contributed by atoms with E-state index in [2.05, 4.69) is 4.98 Å². The van der Waals surface area contributed by atoms with Crippen molar-refractivity contribution in [3.63, 3.8) is 0 Å². The fourth-order valence-electron chi connectivity index (χ4n) is 1.44. The number of aromatic nitrogens is 1. The first-order chi connectivity index (χ1) is 7.59. The Kier molecular flexibility index (Phi) is 2.98. The molecule has 16 heavy (non-hydrogen) atoms. The highest BCUT2D eigenvalue weighted by molar-refractivity contribution is 7.11. The smallest absolute Gasteiger partial charge is 0.163 e. The maximum absolute atomic E-state index is 13.5. The van der Waals surface area contributed by atoms with Crippen LogP contribution in [0.1, 0.15) is 21.5 Å². The molecule has 0 bridgehead atoms. The summed E-state index contributed by atoms with van der Waals surface area (Å²) in [5.41, 5.74) is 6.02. The first-order valence-corrected chi connectivity index (χ1v) is 5.53. The molecule has 1 aromatic heterocycles. The van der Waals surface area contributed by atoms with Gasteiger partial charge in [0.1, 0.15) is 0 Å². The van der Waals surface area contributed by atoms with Crippen molar-refractivity contribution in [2.75, 3.05) is 0 Å². The van der Waals surface area contributed by atoms with Gasteiger partial charge in [-0.25, -0.2) is 13.8 Å². The van der Waals surface area contributed by atoms with E-state index in [1.54, 1.807) is 6.20 Å². The van der Waals surface area contributed by atoms with Gasteiger partial charge in [0.2, 0.25) is 0 Å². The molecule has 2 aromatic rings. The van der Waals surface area contributed by atoms with Crippen LogP contribution in [0.3, 0.4) is 0 Å². The van der Waals surface area contributed by atoms with Gasteiger partial charge in [-0.2, -0.15) is 0 Å². The maximum atomic E-state index is 13.5. The highest BCUT2D eigenvalue weighted by Gasteiger charge is 2.17. The molecule has 84 valence electrons. The van der Waals surface area contributed by atoms with Crippen molar-refractivity contribution in [1.82, 2.24) is 4.98 Å². The fraction of sp³-hybridized carbons (Fsp3) is 0.182. The summed E-state index contributed by atoms with van der Waals surface area (Å²) >= 11 is 1.38. The molecule has 1 heterocycles. The number of halogens is 2. The van der Waals surface area contributed by atoms with Gasteiger partial charge in [0, 0.05) is 16.6 Å². The number of benzene rings is 1. The Hall–Kier alpha value is -1.33. The zero-order valence-corrected chi connectivity index (χ0v) is 9.39. The topological polar surface area (TPSA) is 38.9 Å². The van der Waals surface area contributed by atoms with E-state index >= 15 is 0 Å². The van der Waals surface area contributed by atoms with E-state index in [0.717, 1.165) is 16.0 Å². The lowest BCUT2D eigenvalue weighted by molar-refractivity contribution is 0.495. The lowest BCUT2D eigenvalue weighted by Crippen LogP contribution is -2.13. The summed E-state index contributed by atoms with van der Waals surface area (Å²) in [4.78, 5) is 4.76. The third-order valence-corrected chi connectivity index (χ3v) is 3.26. The molecule has 5 heteroatoms. The number of nitrogens with zero attached hydrogens (tertiary/aromatic N) is 1. The minimum atomic E-state index is -0.888. The number of rotatable bonds is 2. The summed E-state index contributed by atoms with van der Waals surface area (Å²) in [6.45, 7) is 1.84. The standard InChI is InChI=1S/C11H10F2N2S/c1-6-15-5-9(16-6)11(14)7-3-2-4-8(12)10(7)13/h2-5,11H,14H2,1H3. The van der Waals surface area contributed by atoms with Crippen LogP contribution in [0, 0.1) is 18.6 Å². The molecule has 0 amide bonds. The number of aryl methyl sites for hydroxylation is 1. The minimum absolute atomic E-state index is 0.156. The Morgan fingerprint density at radius 2 is 2.12 bits per heavy atom. The van der Waals surface area contributed by atoms with E-state index in [0.29, 0.717) is 0 Å². The molecule has 1 unspecified atom stereocenters. The Bertz CT molecular complexity index is 510. The molecule has 2 nitrogen and oxygen atoms in total. The second-order valence-electron chi connectivity index (χ2n) is 3.40. The van der Waals surface area contributed by atoms with E-state index in [9.17, 15) is 8.78 Å². The summed E-state index contributed by atoms with van der Waals surface area (Å²) in [5, 5.41) is 0.849. The molecular formula is C11H10F2N2S. The average Bonchev–Trinajstić information content (AvgIpc) is 2.68. The van der Waals surface area contributed by atoms with Crippen LogP contribution in [-0.2, 0) is 0 Å². The first-order valence-electron chi connectivity index (χ1n) is 4.71. The normalized spacial score (nSPS) is 12.8. The van der Waals surface area contributed by atoms with Gasteiger partial charge >= 0.3 is 0 Å². The van der Waals surface area contributed by atoms with Gasteiger partial charge in [-0.15, -0.1) is 11.3 Å². The van der Waals surface area contributed by atoms with E-state index in [1.807, 2.05) is 6.92 Å². The molecule has 1 atom stereocenters. The zero-order chi connectivity index (χ0) is 11.7. The molecule has 0 saturated carbocycles. The summed E-state index contributed by atoms with van der Waals surface area (Å²) in [7, 11) is 0.